The molecule has 0 aliphatic rings. The fraction of sp³-hybridized carbons (Fsp3) is 0.333. The van der Waals surface area contributed by atoms with Crippen LogP contribution in [-0.2, 0) is 6.54 Å². The number of aliphatic imine (C=N–C) groups is 1. The predicted molar refractivity (Wildman–Crippen MR) is 100 cm³/mol. The summed E-state index contributed by atoms with van der Waals surface area (Å²) < 4.78 is 13.2. The Morgan fingerprint density at radius 1 is 1.16 bits per heavy atom. The molecule has 0 unspecified atom stereocenters. The molecule has 25 heavy (non-hydrogen) atoms. The Morgan fingerprint density at radius 2 is 2.00 bits per heavy atom. The van der Waals surface area contributed by atoms with E-state index >= 15 is 0 Å². The van der Waals surface area contributed by atoms with Gasteiger partial charge in [0, 0.05) is 19.6 Å². The molecule has 7 heteroatoms. The first-order valence-corrected chi connectivity index (χ1v) is 9.15. The second kappa shape index (κ2) is 10.5. The van der Waals surface area contributed by atoms with E-state index in [0.717, 1.165) is 23.4 Å². The summed E-state index contributed by atoms with van der Waals surface area (Å²) in [6.07, 6.45) is 0.779. The first-order chi connectivity index (χ1) is 12.2. The SMILES string of the molecule is CCNC(=NCc1cccc(F)c1)NCCCNC(=O)c1cccs1. The van der Waals surface area contributed by atoms with Gasteiger partial charge in [0.25, 0.3) is 5.91 Å². The van der Waals surface area contributed by atoms with Crippen molar-refractivity contribution in [2.24, 2.45) is 4.99 Å². The number of hydrogen-bond donors (Lipinski definition) is 3. The summed E-state index contributed by atoms with van der Waals surface area (Å²) in [5.41, 5.74) is 0.820. The molecule has 0 fully saturated rings. The van der Waals surface area contributed by atoms with Gasteiger partial charge in [-0.1, -0.05) is 18.2 Å². The first-order valence-electron chi connectivity index (χ1n) is 8.27. The molecule has 0 saturated heterocycles. The predicted octanol–water partition coefficient (Wildman–Crippen LogP) is 2.76. The molecule has 134 valence electrons. The van der Waals surface area contributed by atoms with Crippen molar-refractivity contribution < 1.29 is 9.18 Å². The number of nitrogens with one attached hydrogen (secondary N) is 3. The number of nitrogens with zero attached hydrogens (tertiary/aromatic N) is 1. The lowest BCUT2D eigenvalue weighted by Gasteiger charge is -2.11. The van der Waals surface area contributed by atoms with Crippen molar-refractivity contribution >= 4 is 23.2 Å². The van der Waals surface area contributed by atoms with Gasteiger partial charge in [-0.05, 0) is 42.5 Å². The van der Waals surface area contributed by atoms with Crippen LogP contribution in [-0.4, -0.2) is 31.5 Å². The summed E-state index contributed by atoms with van der Waals surface area (Å²) in [6, 6.07) is 10.1. The number of halogens is 1. The number of rotatable bonds is 8. The van der Waals surface area contributed by atoms with Crippen molar-refractivity contribution in [1.29, 1.82) is 0 Å². The molecule has 1 heterocycles. The molecule has 1 aromatic heterocycles. The zero-order chi connectivity index (χ0) is 17.9. The van der Waals surface area contributed by atoms with Crippen LogP contribution in [0.25, 0.3) is 0 Å². The van der Waals surface area contributed by atoms with E-state index in [-0.39, 0.29) is 11.7 Å². The minimum atomic E-state index is -0.257. The zero-order valence-electron chi connectivity index (χ0n) is 14.2. The number of amides is 1. The Bertz CT molecular complexity index is 688. The van der Waals surface area contributed by atoms with E-state index in [0.29, 0.717) is 25.6 Å². The highest BCUT2D eigenvalue weighted by atomic mass is 32.1. The molecule has 0 saturated carbocycles. The smallest absolute Gasteiger partial charge is 0.261 e. The van der Waals surface area contributed by atoms with Gasteiger partial charge in [0.1, 0.15) is 5.82 Å². The third-order valence-corrected chi connectivity index (χ3v) is 4.20. The topological polar surface area (TPSA) is 65.5 Å². The van der Waals surface area contributed by atoms with Crippen molar-refractivity contribution in [2.75, 3.05) is 19.6 Å². The zero-order valence-corrected chi connectivity index (χ0v) is 15.0. The van der Waals surface area contributed by atoms with Crippen molar-refractivity contribution in [3.8, 4) is 0 Å². The highest BCUT2D eigenvalue weighted by molar-refractivity contribution is 7.12. The van der Waals surface area contributed by atoms with Gasteiger partial charge in [-0.3, -0.25) is 4.79 Å². The van der Waals surface area contributed by atoms with Crippen LogP contribution >= 0.6 is 11.3 Å². The normalized spacial score (nSPS) is 11.2. The molecule has 3 N–H and O–H groups in total. The Balaban J connectivity index is 1.71. The van der Waals surface area contributed by atoms with E-state index in [2.05, 4.69) is 20.9 Å². The van der Waals surface area contributed by atoms with Gasteiger partial charge in [-0.2, -0.15) is 0 Å². The largest absolute Gasteiger partial charge is 0.357 e. The molecular weight excluding hydrogens is 339 g/mol. The number of benzene rings is 1. The summed E-state index contributed by atoms with van der Waals surface area (Å²) in [4.78, 5) is 17.0. The average molecular weight is 362 g/mol. The molecule has 5 nitrogen and oxygen atoms in total. The van der Waals surface area contributed by atoms with Gasteiger partial charge >= 0.3 is 0 Å². The maximum atomic E-state index is 13.2. The minimum absolute atomic E-state index is 0.0401. The fourth-order valence-corrected chi connectivity index (χ4v) is 2.78. The highest BCUT2D eigenvalue weighted by Gasteiger charge is 2.04. The maximum Gasteiger partial charge on any atom is 0.261 e. The van der Waals surface area contributed by atoms with Crippen LogP contribution in [0.1, 0.15) is 28.6 Å². The van der Waals surface area contributed by atoms with Crippen LogP contribution in [0.15, 0.2) is 46.8 Å². The lowest BCUT2D eigenvalue weighted by atomic mass is 10.2. The summed E-state index contributed by atoms with van der Waals surface area (Å²) >= 11 is 1.43. The molecule has 2 aromatic rings. The lowest BCUT2D eigenvalue weighted by Crippen LogP contribution is -2.38. The van der Waals surface area contributed by atoms with Crippen LogP contribution in [0.2, 0.25) is 0 Å². The quantitative estimate of drug-likeness (QED) is 0.384. The molecule has 0 spiro atoms. The Hall–Kier alpha value is -2.41. The summed E-state index contributed by atoms with van der Waals surface area (Å²) in [5, 5.41) is 11.1. The van der Waals surface area contributed by atoms with Gasteiger partial charge in [0.05, 0.1) is 11.4 Å². The number of hydrogen-bond acceptors (Lipinski definition) is 3. The molecular formula is C18H23FN4OS. The second-order valence-electron chi connectivity index (χ2n) is 5.34. The van der Waals surface area contributed by atoms with E-state index in [4.69, 9.17) is 0 Å². The van der Waals surface area contributed by atoms with Crippen LogP contribution < -0.4 is 16.0 Å². The lowest BCUT2D eigenvalue weighted by molar-refractivity contribution is 0.0957. The summed E-state index contributed by atoms with van der Waals surface area (Å²) in [6.45, 7) is 4.40. The first kappa shape index (κ1) is 18.9. The van der Waals surface area contributed by atoms with Gasteiger partial charge in [-0.15, -0.1) is 11.3 Å². The van der Waals surface area contributed by atoms with Crippen molar-refractivity contribution in [2.45, 2.75) is 19.9 Å². The van der Waals surface area contributed by atoms with E-state index in [1.807, 2.05) is 24.4 Å². The Morgan fingerprint density at radius 3 is 2.72 bits per heavy atom. The van der Waals surface area contributed by atoms with Crippen LogP contribution in [0.4, 0.5) is 4.39 Å². The third kappa shape index (κ3) is 6.93. The van der Waals surface area contributed by atoms with Crippen LogP contribution in [0, 0.1) is 5.82 Å². The highest BCUT2D eigenvalue weighted by Crippen LogP contribution is 2.07. The van der Waals surface area contributed by atoms with E-state index in [1.165, 1.54) is 23.5 Å². The molecule has 0 bridgehead atoms. The number of carbonyl (C=O) groups excluding carboxylic acids is 1. The van der Waals surface area contributed by atoms with Crippen molar-refractivity contribution in [1.82, 2.24) is 16.0 Å². The van der Waals surface area contributed by atoms with E-state index in [1.54, 1.807) is 12.1 Å². The molecule has 0 aliphatic heterocycles. The van der Waals surface area contributed by atoms with Gasteiger partial charge in [-0.25, -0.2) is 9.38 Å². The average Bonchev–Trinajstić information content (AvgIpc) is 3.14. The maximum absolute atomic E-state index is 13.2. The van der Waals surface area contributed by atoms with Crippen LogP contribution in [0.3, 0.4) is 0 Å². The third-order valence-electron chi connectivity index (χ3n) is 3.33. The second-order valence-corrected chi connectivity index (χ2v) is 6.29. The van der Waals surface area contributed by atoms with Crippen molar-refractivity contribution in [3.63, 3.8) is 0 Å². The minimum Gasteiger partial charge on any atom is -0.357 e. The molecule has 0 atom stereocenters. The molecule has 1 amide bonds. The fourth-order valence-electron chi connectivity index (χ4n) is 2.14. The Labute approximate surface area is 151 Å². The molecule has 0 aliphatic carbocycles. The number of carbonyl (C=O) groups is 1. The molecule has 0 radical (unpaired) electrons. The number of thiophene rings is 1. The van der Waals surface area contributed by atoms with Crippen molar-refractivity contribution in [3.05, 3.63) is 58.0 Å². The van der Waals surface area contributed by atoms with E-state index < -0.39 is 0 Å². The molecule has 1 aromatic carbocycles. The van der Waals surface area contributed by atoms with Crippen LogP contribution in [0.5, 0.6) is 0 Å². The number of guanidine groups is 1. The molecule has 2 rings (SSSR count). The standard InChI is InChI=1S/C18H23FN4OS/c1-2-20-18(23-13-14-6-3-7-15(19)12-14)22-10-5-9-21-17(24)16-8-4-11-25-16/h3-4,6-8,11-12H,2,5,9-10,13H2,1H3,(H,21,24)(H2,20,22,23). The van der Waals surface area contributed by atoms with Gasteiger partial charge in [0.2, 0.25) is 0 Å². The summed E-state index contributed by atoms with van der Waals surface area (Å²) in [5.74, 6) is 0.380. The van der Waals surface area contributed by atoms with Gasteiger partial charge < -0.3 is 16.0 Å². The summed E-state index contributed by atoms with van der Waals surface area (Å²) in [7, 11) is 0. The van der Waals surface area contributed by atoms with E-state index in [9.17, 15) is 9.18 Å². The Kier molecular flexibility index (Phi) is 7.91. The van der Waals surface area contributed by atoms with Gasteiger partial charge in [0.15, 0.2) is 5.96 Å². The monoisotopic (exact) mass is 362 g/mol.